The maximum absolute atomic E-state index is 13.1. The fourth-order valence-corrected chi connectivity index (χ4v) is 4.01. The van der Waals surface area contributed by atoms with Crippen LogP contribution < -0.4 is 9.47 Å². The monoisotopic (exact) mass is 393 g/mol. The molecule has 2 aliphatic heterocycles. The Labute approximate surface area is 171 Å². The molecule has 152 valence electrons. The van der Waals surface area contributed by atoms with E-state index in [1.165, 1.54) is 0 Å². The topological polar surface area (TPSA) is 54.4 Å². The quantitative estimate of drug-likeness (QED) is 0.754. The van der Waals surface area contributed by atoms with Crippen molar-refractivity contribution < 1.29 is 14.3 Å². The molecule has 2 aromatic rings. The Bertz CT molecular complexity index is 888. The summed E-state index contributed by atoms with van der Waals surface area (Å²) in [5.41, 5.74) is 2.96. The first-order valence-electron chi connectivity index (χ1n) is 10.1. The minimum absolute atomic E-state index is 0.0447. The number of nitrogens with zero attached hydrogens (tertiary/aromatic N) is 3. The van der Waals surface area contributed by atoms with Crippen molar-refractivity contribution in [1.82, 2.24) is 9.91 Å². The lowest BCUT2D eigenvalue weighted by Gasteiger charge is -2.24. The molecule has 6 nitrogen and oxygen atoms in total. The van der Waals surface area contributed by atoms with Gasteiger partial charge in [0.25, 0.3) is 5.91 Å². The van der Waals surface area contributed by atoms with E-state index in [2.05, 4.69) is 4.90 Å². The standard InChI is InChI=1S/C23H27N3O3/c1-28-19-10-8-17(9-11-19)21-15-22(18-6-5-7-20(14-18)29-2)26(24-21)23(27)16-25-12-3-4-13-25/h5-11,14,22H,3-4,12-13,15-16H2,1-2H3. The molecule has 0 aromatic heterocycles. The summed E-state index contributed by atoms with van der Waals surface area (Å²) in [6, 6.07) is 15.6. The summed E-state index contributed by atoms with van der Waals surface area (Å²) < 4.78 is 10.6. The Morgan fingerprint density at radius 2 is 1.76 bits per heavy atom. The van der Waals surface area contributed by atoms with Gasteiger partial charge in [0.1, 0.15) is 11.5 Å². The highest BCUT2D eigenvalue weighted by molar-refractivity contribution is 6.03. The van der Waals surface area contributed by atoms with Crippen LogP contribution >= 0.6 is 0 Å². The summed E-state index contributed by atoms with van der Waals surface area (Å²) in [5, 5.41) is 6.43. The van der Waals surface area contributed by atoms with E-state index in [1.54, 1.807) is 19.2 Å². The van der Waals surface area contributed by atoms with Gasteiger partial charge in [0.05, 0.1) is 32.5 Å². The molecular formula is C23H27N3O3. The van der Waals surface area contributed by atoms with Gasteiger partial charge in [-0.1, -0.05) is 12.1 Å². The van der Waals surface area contributed by atoms with Gasteiger partial charge >= 0.3 is 0 Å². The largest absolute Gasteiger partial charge is 0.497 e. The molecule has 0 spiro atoms. The molecular weight excluding hydrogens is 366 g/mol. The Morgan fingerprint density at radius 1 is 1.03 bits per heavy atom. The average molecular weight is 393 g/mol. The molecule has 2 aromatic carbocycles. The highest BCUT2D eigenvalue weighted by Crippen LogP contribution is 2.34. The molecule has 1 unspecified atom stereocenters. The van der Waals surface area contributed by atoms with Crippen molar-refractivity contribution in [3.05, 3.63) is 59.7 Å². The van der Waals surface area contributed by atoms with Gasteiger partial charge in [-0.05, 0) is 73.5 Å². The molecule has 29 heavy (non-hydrogen) atoms. The van der Waals surface area contributed by atoms with Gasteiger partial charge in [0.15, 0.2) is 0 Å². The van der Waals surface area contributed by atoms with Crippen LogP contribution in [0, 0.1) is 0 Å². The zero-order valence-electron chi connectivity index (χ0n) is 17.0. The second-order valence-electron chi connectivity index (χ2n) is 7.49. The number of rotatable bonds is 6. The number of carbonyl (C=O) groups excluding carboxylic acids is 1. The van der Waals surface area contributed by atoms with Crippen LogP contribution in [-0.4, -0.2) is 55.4 Å². The van der Waals surface area contributed by atoms with Crippen LogP contribution in [0.15, 0.2) is 53.6 Å². The molecule has 2 heterocycles. The average Bonchev–Trinajstić information content (AvgIpc) is 3.44. The van der Waals surface area contributed by atoms with Crippen molar-refractivity contribution in [1.29, 1.82) is 0 Å². The summed E-state index contributed by atoms with van der Waals surface area (Å²) in [6.07, 6.45) is 2.99. The highest BCUT2D eigenvalue weighted by atomic mass is 16.5. The van der Waals surface area contributed by atoms with Crippen LogP contribution in [0.2, 0.25) is 0 Å². The molecule has 1 saturated heterocycles. The summed E-state index contributed by atoms with van der Waals surface area (Å²) in [7, 11) is 3.31. The van der Waals surface area contributed by atoms with Crippen LogP contribution in [0.4, 0.5) is 0 Å². The lowest BCUT2D eigenvalue weighted by Crippen LogP contribution is -2.36. The van der Waals surface area contributed by atoms with Gasteiger partial charge in [-0.2, -0.15) is 5.10 Å². The molecule has 1 fully saturated rings. The van der Waals surface area contributed by atoms with Gasteiger partial charge in [-0.15, -0.1) is 0 Å². The first kappa shape index (κ1) is 19.5. The molecule has 1 atom stereocenters. The van der Waals surface area contributed by atoms with E-state index in [0.29, 0.717) is 13.0 Å². The zero-order valence-corrected chi connectivity index (χ0v) is 17.0. The molecule has 0 radical (unpaired) electrons. The summed E-state index contributed by atoms with van der Waals surface area (Å²) in [4.78, 5) is 15.4. The smallest absolute Gasteiger partial charge is 0.257 e. The predicted molar refractivity (Wildman–Crippen MR) is 112 cm³/mol. The van der Waals surface area contributed by atoms with E-state index in [-0.39, 0.29) is 11.9 Å². The van der Waals surface area contributed by atoms with Crippen LogP contribution in [0.25, 0.3) is 0 Å². The second-order valence-corrected chi connectivity index (χ2v) is 7.49. The van der Waals surface area contributed by atoms with E-state index >= 15 is 0 Å². The summed E-state index contributed by atoms with van der Waals surface area (Å²) in [6.45, 7) is 2.39. The van der Waals surface area contributed by atoms with Crippen molar-refractivity contribution in [3.8, 4) is 11.5 Å². The number of ether oxygens (including phenoxy) is 2. The third kappa shape index (κ3) is 4.27. The summed E-state index contributed by atoms with van der Waals surface area (Å²) >= 11 is 0. The third-order valence-corrected chi connectivity index (χ3v) is 5.63. The maximum atomic E-state index is 13.1. The molecule has 0 aliphatic carbocycles. The molecule has 0 N–H and O–H groups in total. The first-order valence-corrected chi connectivity index (χ1v) is 10.1. The zero-order chi connectivity index (χ0) is 20.2. The fraction of sp³-hybridized carbons (Fsp3) is 0.391. The van der Waals surface area contributed by atoms with Crippen LogP contribution in [-0.2, 0) is 4.79 Å². The molecule has 0 bridgehead atoms. The second kappa shape index (κ2) is 8.66. The third-order valence-electron chi connectivity index (χ3n) is 5.63. The van der Waals surface area contributed by atoms with Gasteiger partial charge in [0, 0.05) is 6.42 Å². The van der Waals surface area contributed by atoms with Crippen molar-refractivity contribution in [2.24, 2.45) is 5.10 Å². The minimum Gasteiger partial charge on any atom is -0.497 e. The lowest BCUT2D eigenvalue weighted by molar-refractivity contribution is -0.134. The van der Waals surface area contributed by atoms with Gasteiger partial charge in [0.2, 0.25) is 0 Å². The predicted octanol–water partition coefficient (Wildman–Crippen LogP) is 3.48. The van der Waals surface area contributed by atoms with E-state index in [4.69, 9.17) is 14.6 Å². The number of methoxy groups -OCH3 is 2. The van der Waals surface area contributed by atoms with Gasteiger partial charge in [-0.25, -0.2) is 5.01 Å². The van der Waals surface area contributed by atoms with E-state index in [0.717, 1.165) is 54.3 Å². The number of likely N-dealkylation sites (tertiary alicyclic amines) is 1. The molecule has 1 amide bonds. The molecule has 6 heteroatoms. The van der Waals surface area contributed by atoms with Crippen LogP contribution in [0.5, 0.6) is 11.5 Å². The van der Waals surface area contributed by atoms with E-state index in [1.807, 2.05) is 48.5 Å². The Kier molecular flexibility index (Phi) is 5.81. The van der Waals surface area contributed by atoms with Gasteiger partial charge in [-0.3, -0.25) is 9.69 Å². The van der Waals surface area contributed by atoms with Crippen LogP contribution in [0.3, 0.4) is 0 Å². The normalized spacial score (nSPS) is 19.3. The summed E-state index contributed by atoms with van der Waals surface area (Å²) in [5.74, 6) is 1.63. The maximum Gasteiger partial charge on any atom is 0.257 e. The fourth-order valence-electron chi connectivity index (χ4n) is 4.01. The van der Waals surface area contributed by atoms with E-state index < -0.39 is 0 Å². The number of benzene rings is 2. The minimum atomic E-state index is -0.127. The Morgan fingerprint density at radius 3 is 2.45 bits per heavy atom. The number of hydrogen-bond acceptors (Lipinski definition) is 5. The SMILES string of the molecule is COc1ccc(C2=NN(C(=O)CN3CCCC3)C(c3cccc(OC)c3)C2)cc1. The Balaban J connectivity index is 1.62. The van der Waals surface area contributed by atoms with Gasteiger partial charge < -0.3 is 9.47 Å². The molecule has 4 rings (SSSR count). The number of hydrazone groups is 1. The highest BCUT2D eigenvalue weighted by Gasteiger charge is 2.34. The van der Waals surface area contributed by atoms with Crippen molar-refractivity contribution >= 4 is 11.6 Å². The van der Waals surface area contributed by atoms with Crippen LogP contribution in [0.1, 0.15) is 36.4 Å². The van der Waals surface area contributed by atoms with E-state index in [9.17, 15) is 4.79 Å². The lowest BCUT2D eigenvalue weighted by atomic mass is 9.98. The molecule has 0 saturated carbocycles. The number of amides is 1. The first-order chi connectivity index (χ1) is 14.2. The van der Waals surface area contributed by atoms with Crippen molar-refractivity contribution in [2.75, 3.05) is 33.9 Å². The van der Waals surface area contributed by atoms with Crippen molar-refractivity contribution in [2.45, 2.75) is 25.3 Å². The number of carbonyl (C=O) groups is 1. The van der Waals surface area contributed by atoms with Crippen molar-refractivity contribution in [3.63, 3.8) is 0 Å². The molecule has 2 aliphatic rings. The Hall–Kier alpha value is -2.86. The number of hydrogen-bond donors (Lipinski definition) is 0.